The van der Waals surface area contributed by atoms with Crippen LogP contribution in [-0.4, -0.2) is 30.1 Å². The Morgan fingerprint density at radius 2 is 2.00 bits per heavy atom. The first-order valence-corrected chi connectivity index (χ1v) is 7.16. The van der Waals surface area contributed by atoms with Gasteiger partial charge in [-0.25, -0.2) is 0 Å². The predicted molar refractivity (Wildman–Crippen MR) is 78.7 cm³/mol. The Bertz CT molecular complexity index is 447. The van der Waals surface area contributed by atoms with E-state index in [-0.39, 0.29) is 12.3 Å². The zero-order valence-electron chi connectivity index (χ0n) is 11.3. The average molecular weight is 344 g/mol. The van der Waals surface area contributed by atoms with Crippen molar-refractivity contribution in [2.24, 2.45) is 5.92 Å². The van der Waals surface area contributed by atoms with Gasteiger partial charge in [-0.1, -0.05) is 22.9 Å². The molecule has 0 saturated carbocycles. The van der Waals surface area contributed by atoms with Crippen molar-refractivity contribution in [2.75, 3.05) is 13.2 Å². The molecular weight excluding hydrogens is 326 g/mol. The molecule has 2 N–H and O–H groups in total. The molecule has 0 heterocycles. The van der Waals surface area contributed by atoms with E-state index in [1.807, 2.05) is 24.3 Å². The van der Waals surface area contributed by atoms with Gasteiger partial charge in [-0.05, 0) is 30.7 Å². The summed E-state index contributed by atoms with van der Waals surface area (Å²) in [7, 11) is 0. The highest BCUT2D eigenvalue weighted by atomic mass is 79.9. The molecule has 110 valence electrons. The van der Waals surface area contributed by atoms with Gasteiger partial charge < -0.3 is 15.2 Å². The number of amides is 1. The molecule has 0 radical (unpaired) electrons. The Morgan fingerprint density at radius 1 is 1.35 bits per heavy atom. The van der Waals surface area contributed by atoms with E-state index in [4.69, 9.17) is 9.84 Å². The van der Waals surface area contributed by atoms with Crippen LogP contribution < -0.4 is 10.1 Å². The monoisotopic (exact) mass is 343 g/mol. The normalized spacial score (nSPS) is 11.7. The molecule has 0 bridgehead atoms. The number of nitrogens with one attached hydrogen (secondary N) is 1. The first-order valence-electron chi connectivity index (χ1n) is 6.37. The highest BCUT2D eigenvalue weighted by molar-refractivity contribution is 9.10. The predicted octanol–water partition coefficient (Wildman–Crippen LogP) is 2.45. The molecule has 1 aromatic rings. The molecule has 0 aromatic heterocycles. The maximum absolute atomic E-state index is 11.5. The number of carbonyl (C=O) groups excluding carboxylic acids is 1. The molecule has 1 rings (SSSR count). The Kier molecular flexibility index (Phi) is 7.08. The number of ether oxygens (including phenoxy) is 1. The fraction of sp³-hybridized carbons (Fsp3) is 0.429. The van der Waals surface area contributed by atoms with Crippen molar-refractivity contribution in [3.05, 3.63) is 28.7 Å². The van der Waals surface area contributed by atoms with E-state index >= 15 is 0 Å². The molecule has 6 heteroatoms. The standard InChI is InChI=1S/C14H18BrNO4/c1-10(14(18)19)6-8-16-13(17)7-9-20-12-4-2-11(15)3-5-12/h2-5,10H,6-9H2,1H3,(H,16,17)(H,18,19). The SMILES string of the molecule is CC(CCNC(=O)CCOc1ccc(Br)cc1)C(=O)O. The quantitative estimate of drug-likeness (QED) is 0.760. The molecule has 20 heavy (non-hydrogen) atoms. The van der Waals surface area contributed by atoms with Gasteiger partial charge in [-0.3, -0.25) is 9.59 Å². The molecule has 0 aliphatic carbocycles. The van der Waals surface area contributed by atoms with Gasteiger partial charge in [0.05, 0.1) is 18.9 Å². The van der Waals surface area contributed by atoms with E-state index in [0.29, 0.717) is 25.3 Å². The third-order valence-corrected chi connectivity index (χ3v) is 3.26. The maximum atomic E-state index is 11.5. The molecule has 0 aliphatic rings. The van der Waals surface area contributed by atoms with Gasteiger partial charge in [0.25, 0.3) is 0 Å². The molecular formula is C14H18BrNO4. The van der Waals surface area contributed by atoms with Crippen LogP contribution in [0.5, 0.6) is 5.75 Å². The van der Waals surface area contributed by atoms with Gasteiger partial charge in [0.1, 0.15) is 5.75 Å². The number of aliphatic carboxylic acids is 1. The summed E-state index contributed by atoms with van der Waals surface area (Å²) in [5, 5.41) is 11.4. The number of hydrogen-bond acceptors (Lipinski definition) is 3. The number of rotatable bonds is 8. The topological polar surface area (TPSA) is 75.6 Å². The van der Waals surface area contributed by atoms with Crippen LogP contribution in [0.25, 0.3) is 0 Å². The summed E-state index contributed by atoms with van der Waals surface area (Å²) < 4.78 is 6.39. The van der Waals surface area contributed by atoms with E-state index in [0.717, 1.165) is 4.47 Å². The number of carboxylic acids is 1. The first-order chi connectivity index (χ1) is 9.49. The van der Waals surface area contributed by atoms with Crippen molar-refractivity contribution < 1.29 is 19.4 Å². The Hall–Kier alpha value is -1.56. The fourth-order valence-corrected chi connectivity index (χ4v) is 1.70. The van der Waals surface area contributed by atoms with Crippen molar-refractivity contribution in [3.8, 4) is 5.75 Å². The van der Waals surface area contributed by atoms with Gasteiger partial charge in [0.2, 0.25) is 5.91 Å². The zero-order chi connectivity index (χ0) is 15.0. The summed E-state index contributed by atoms with van der Waals surface area (Å²) in [6.07, 6.45) is 0.673. The van der Waals surface area contributed by atoms with Gasteiger partial charge in [-0.15, -0.1) is 0 Å². The van der Waals surface area contributed by atoms with Crippen LogP contribution in [-0.2, 0) is 9.59 Å². The number of benzene rings is 1. The minimum absolute atomic E-state index is 0.139. The number of hydrogen-bond donors (Lipinski definition) is 2. The third-order valence-electron chi connectivity index (χ3n) is 2.73. The summed E-state index contributed by atoms with van der Waals surface area (Å²) in [6.45, 7) is 2.28. The summed E-state index contributed by atoms with van der Waals surface area (Å²) in [5.74, 6) is -0.729. The van der Waals surface area contributed by atoms with Crippen LogP contribution in [0.1, 0.15) is 19.8 Å². The number of halogens is 1. The molecule has 0 saturated heterocycles. The lowest BCUT2D eigenvalue weighted by Crippen LogP contribution is -2.28. The van der Waals surface area contributed by atoms with Crippen molar-refractivity contribution in [3.63, 3.8) is 0 Å². The minimum Gasteiger partial charge on any atom is -0.493 e. The summed E-state index contributed by atoms with van der Waals surface area (Å²) in [4.78, 5) is 22.1. The lowest BCUT2D eigenvalue weighted by molar-refractivity contribution is -0.141. The van der Waals surface area contributed by atoms with Crippen molar-refractivity contribution >= 4 is 27.8 Å². The molecule has 1 atom stereocenters. The number of carbonyl (C=O) groups is 2. The van der Waals surface area contributed by atoms with Crippen molar-refractivity contribution in [1.29, 1.82) is 0 Å². The van der Waals surface area contributed by atoms with Crippen LogP contribution in [0, 0.1) is 5.92 Å². The Balaban J connectivity index is 2.14. The van der Waals surface area contributed by atoms with Gasteiger partial charge in [0, 0.05) is 11.0 Å². The second kappa shape index (κ2) is 8.58. The smallest absolute Gasteiger partial charge is 0.306 e. The van der Waals surface area contributed by atoms with Gasteiger partial charge in [0.15, 0.2) is 0 Å². The van der Waals surface area contributed by atoms with Crippen LogP contribution in [0.4, 0.5) is 0 Å². The van der Waals surface area contributed by atoms with Crippen LogP contribution in [0.15, 0.2) is 28.7 Å². The molecule has 0 aliphatic heterocycles. The summed E-state index contributed by atoms with van der Waals surface area (Å²) in [6, 6.07) is 7.36. The zero-order valence-corrected chi connectivity index (χ0v) is 12.9. The van der Waals surface area contributed by atoms with Gasteiger partial charge in [-0.2, -0.15) is 0 Å². The molecule has 5 nitrogen and oxygen atoms in total. The largest absolute Gasteiger partial charge is 0.493 e. The van der Waals surface area contributed by atoms with Gasteiger partial charge >= 0.3 is 5.97 Å². The highest BCUT2D eigenvalue weighted by Crippen LogP contribution is 2.16. The average Bonchev–Trinajstić information content (AvgIpc) is 2.40. The molecule has 1 unspecified atom stereocenters. The van der Waals surface area contributed by atoms with E-state index in [2.05, 4.69) is 21.2 Å². The summed E-state index contributed by atoms with van der Waals surface area (Å²) in [5.41, 5.74) is 0. The molecule has 0 spiro atoms. The molecule has 1 aromatic carbocycles. The van der Waals surface area contributed by atoms with E-state index in [1.165, 1.54) is 0 Å². The van der Waals surface area contributed by atoms with Crippen molar-refractivity contribution in [2.45, 2.75) is 19.8 Å². The highest BCUT2D eigenvalue weighted by Gasteiger charge is 2.10. The molecule has 0 fully saturated rings. The fourth-order valence-electron chi connectivity index (χ4n) is 1.43. The van der Waals surface area contributed by atoms with Crippen LogP contribution >= 0.6 is 15.9 Å². The second-order valence-electron chi connectivity index (χ2n) is 4.43. The lowest BCUT2D eigenvalue weighted by Gasteiger charge is -2.09. The van der Waals surface area contributed by atoms with Crippen LogP contribution in [0.3, 0.4) is 0 Å². The Morgan fingerprint density at radius 3 is 2.60 bits per heavy atom. The first kappa shape index (κ1) is 16.5. The number of carboxylic acid groups (broad SMARTS) is 1. The minimum atomic E-state index is -0.849. The lowest BCUT2D eigenvalue weighted by atomic mass is 10.1. The van der Waals surface area contributed by atoms with Crippen molar-refractivity contribution in [1.82, 2.24) is 5.32 Å². The Labute approximate surface area is 126 Å². The summed E-state index contributed by atoms with van der Waals surface area (Å²) >= 11 is 3.33. The maximum Gasteiger partial charge on any atom is 0.306 e. The van der Waals surface area contributed by atoms with E-state index < -0.39 is 11.9 Å². The van der Waals surface area contributed by atoms with E-state index in [9.17, 15) is 9.59 Å². The van der Waals surface area contributed by atoms with Crippen LogP contribution in [0.2, 0.25) is 0 Å². The third kappa shape index (κ3) is 6.56. The second-order valence-corrected chi connectivity index (χ2v) is 5.35. The van der Waals surface area contributed by atoms with E-state index in [1.54, 1.807) is 6.92 Å². The molecule has 1 amide bonds.